The average Bonchev–Trinajstić information content (AvgIpc) is 3.25. The highest BCUT2D eigenvalue weighted by Gasteiger charge is 2.19. The summed E-state index contributed by atoms with van der Waals surface area (Å²) in [7, 11) is 0. The van der Waals surface area contributed by atoms with Crippen molar-refractivity contribution in [2.45, 2.75) is 49.9 Å². The highest BCUT2D eigenvalue weighted by atomic mass is 32.2. The average molecular weight is 424 g/mol. The number of nitrogen functional groups attached to an aromatic ring is 1. The van der Waals surface area contributed by atoms with E-state index >= 15 is 0 Å². The van der Waals surface area contributed by atoms with Crippen LogP contribution in [0.25, 0.3) is 15.9 Å². The van der Waals surface area contributed by atoms with Crippen molar-refractivity contribution in [2.24, 2.45) is 0 Å². The predicted octanol–water partition coefficient (Wildman–Crippen LogP) is 4.12. The van der Waals surface area contributed by atoms with Gasteiger partial charge < -0.3 is 5.73 Å². The molecule has 0 saturated carbocycles. The summed E-state index contributed by atoms with van der Waals surface area (Å²) >= 11 is 3.29. The lowest BCUT2D eigenvalue weighted by molar-refractivity contribution is 0.713. The number of thioether (sulfide) groups is 1. The summed E-state index contributed by atoms with van der Waals surface area (Å²) in [6, 6.07) is 8.11. The molecule has 0 spiro atoms. The van der Waals surface area contributed by atoms with Gasteiger partial charge in [-0.25, -0.2) is 9.97 Å². The third-order valence-corrected chi connectivity index (χ3v) is 7.29. The number of aromatic nitrogens is 6. The second-order valence-electron chi connectivity index (χ2n) is 7.27. The van der Waals surface area contributed by atoms with Crippen molar-refractivity contribution in [3.63, 3.8) is 0 Å². The van der Waals surface area contributed by atoms with Crippen LogP contribution < -0.4 is 5.73 Å². The number of hydrogen-bond acceptors (Lipinski definition) is 8. The molecule has 3 aromatic heterocycles. The molecule has 0 fully saturated rings. The molecule has 9 heteroatoms. The minimum Gasteiger partial charge on any atom is -0.383 e. The first kappa shape index (κ1) is 18.5. The normalized spacial score (nSPS) is 14.1. The zero-order chi connectivity index (χ0) is 19.8. The minimum absolute atomic E-state index is 0.564. The van der Waals surface area contributed by atoms with Gasteiger partial charge >= 0.3 is 0 Å². The SMILES string of the molecule is Cc1ccc(-n2nnnc2SCc2nc(N)c3c4c(sc3n2)CCCCC4)cc1. The predicted molar refractivity (Wildman–Crippen MR) is 117 cm³/mol. The van der Waals surface area contributed by atoms with Gasteiger partial charge in [-0.2, -0.15) is 4.68 Å². The number of nitrogens with zero attached hydrogens (tertiary/aromatic N) is 6. The van der Waals surface area contributed by atoms with Crippen molar-refractivity contribution in [2.75, 3.05) is 5.73 Å². The number of aryl methyl sites for hydroxylation is 3. The maximum Gasteiger partial charge on any atom is 0.214 e. The second-order valence-corrected chi connectivity index (χ2v) is 9.29. The molecule has 0 saturated heterocycles. The van der Waals surface area contributed by atoms with Gasteiger partial charge in [0.15, 0.2) is 0 Å². The van der Waals surface area contributed by atoms with Crippen molar-refractivity contribution in [3.05, 3.63) is 46.1 Å². The zero-order valence-electron chi connectivity index (χ0n) is 16.1. The third-order valence-electron chi connectivity index (χ3n) is 5.19. The van der Waals surface area contributed by atoms with Gasteiger partial charge in [0.05, 0.1) is 16.8 Å². The van der Waals surface area contributed by atoms with E-state index in [1.165, 1.54) is 47.0 Å². The van der Waals surface area contributed by atoms with Crippen LogP contribution in [-0.2, 0) is 18.6 Å². The van der Waals surface area contributed by atoms with E-state index in [0.29, 0.717) is 16.7 Å². The van der Waals surface area contributed by atoms with E-state index < -0.39 is 0 Å². The molecule has 0 amide bonds. The van der Waals surface area contributed by atoms with Crippen molar-refractivity contribution < 1.29 is 0 Å². The van der Waals surface area contributed by atoms with Crippen LogP contribution in [0.4, 0.5) is 5.82 Å². The summed E-state index contributed by atoms with van der Waals surface area (Å²) in [5, 5.41) is 13.9. The molecule has 148 valence electrons. The summed E-state index contributed by atoms with van der Waals surface area (Å²) in [4.78, 5) is 11.9. The van der Waals surface area contributed by atoms with Crippen LogP contribution in [0.15, 0.2) is 29.4 Å². The van der Waals surface area contributed by atoms with Crippen molar-refractivity contribution in [1.82, 2.24) is 30.2 Å². The van der Waals surface area contributed by atoms with Gasteiger partial charge in [-0.3, -0.25) is 0 Å². The highest BCUT2D eigenvalue weighted by Crippen LogP contribution is 2.37. The third kappa shape index (κ3) is 3.60. The Balaban J connectivity index is 1.41. The number of thiophene rings is 1. The largest absolute Gasteiger partial charge is 0.383 e. The van der Waals surface area contributed by atoms with Gasteiger partial charge in [0, 0.05) is 4.88 Å². The molecule has 2 N–H and O–H groups in total. The Morgan fingerprint density at radius 1 is 1.10 bits per heavy atom. The summed E-state index contributed by atoms with van der Waals surface area (Å²) in [5.74, 6) is 1.88. The van der Waals surface area contributed by atoms with Crippen LogP contribution in [0.1, 0.15) is 41.1 Å². The van der Waals surface area contributed by atoms with E-state index in [9.17, 15) is 0 Å². The smallest absolute Gasteiger partial charge is 0.214 e. The molecule has 3 heterocycles. The molecular weight excluding hydrogens is 402 g/mol. The molecule has 0 bridgehead atoms. The van der Waals surface area contributed by atoms with E-state index in [4.69, 9.17) is 10.7 Å². The van der Waals surface area contributed by atoms with E-state index in [2.05, 4.69) is 27.4 Å². The number of tetrazole rings is 1. The first-order chi connectivity index (χ1) is 14.2. The molecule has 0 unspecified atom stereocenters. The maximum absolute atomic E-state index is 6.36. The van der Waals surface area contributed by atoms with Crippen LogP contribution in [0, 0.1) is 6.92 Å². The van der Waals surface area contributed by atoms with Gasteiger partial charge in [0.2, 0.25) is 5.16 Å². The second kappa shape index (κ2) is 7.72. The Hall–Kier alpha value is -2.52. The molecule has 5 rings (SSSR count). The Labute approximate surface area is 176 Å². The summed E-state index contributed by atoms with van der Waals surface area (Å²) in [6.45, 7) is 2.06. The summed E-state index contributed by atoms with van der Waals surface area (Å²) in [5.41, 5.74) is 9.87. The van der Waals surface area contributed by atoms with E-state index in [1.807, 2.05) is 24.3 Å². The molecule has 1 aliphatic carbocycles. The number of nitrogens with two attached hydrogens (primary N) is 1. The lowest BCUT2D eigenvalue weighted by Gasteiger charge is -2.06. The summed E-state index contributed by atoms with van der Waals surface area (Å²) in [6.07, 6.45) is 5.97. The number of hydrogen-bond donors (Lipinski definition) is 1. The molecule has 29 heavy (non-hydrogen) atoms. The van der Waals surface area contributed by atoms with E-state index in [1.54, 1.807) is 16.0 Å². The molecule has 1 aliphatic rings. The van der Waals surface area contributed by atoms with Gasteiger partial charge in [-0.15, -0.1) is 16.4 Å². The molecule has 0 atom stereocenters. The van der Waals surface area contributed by atoms with E-state index in [0.717, 1.165) is 34.6 Å². The topological polar surface area (TPSA) is 95.4 Å². The Bertz CT molecular complexity index is 1160. The van der Waals surface area contributed by atoms with Gasteiger partial charge in [-0.1, -0.05) is 35.9 Å². The van der Waals surface area contributed by atoms with Crippen LogP contribution in [0.2, 0.25) is 0 Å². The molecule has 0 radical (unpaired) electrons. The van der Waals surface area contributed by atoms with Crippen LogP contribution in [0.5, 0.6) is 0 Å². The molecule has 4 aromatic rings. The standard InChI is InChI=1S/C20H21N7S2/c1-12-7-9-13(10-8-12)27-20(24-25-26-27)28-11-16-22-18(21)17-14-5-3-2-4-6-15(14)29-19(17)23-16/h7-10H,2-6,11H2,1H3,(H2,21,22,23). The molecule has 7 nitrogen and oxygen atoms in total. The quantitative estimate of drug-likeness (QED) is 0.390. The zero-order valence-corrected chi connectivity index (χ0v) is 17.8. The fourth-order valence-corrected chi connectivity index (χ4v) is 5.75. The Morgan fingerprint density at radius 2 is 1.93 bits per heavy atom. The fraction of sp³-hybridized carbons (Fsp3) is 0.350. The number of rotatable bonds is 4. The number of anilines is 1. The minimum atomic E-state index is 0.564. The number of fused-ring (bicyclic) bond motifs is 3. The van der Waals surface area contributed by atoms with Crippen LogP contribution in [0.3, 0.4) is 0 Å². The van der Waals surface area contributed by atoms with Gasteiger partial charge in [-0.05, 0) is 60.7 Å². The van der Waals surface area contributed by atoms with Crippen molar-refractivity contribution in [3.8, 4) is 5.69 Å². The molecular formula is C20H21N7S2. The maximum atomic E-state index is 6.36. The van der Waals surface area contributed by atoms with Gasteiger partial charge in [0.1, 0.15) is 16.5 Å². The Kier molecular flexibility index (Phi) is 4.92. The molecule has 1 aromatic carbocycles. The van der Waals surface area contributed by atoms with Crippen LogP contribution in [-0.4, -0.2) is 30.2 Å². The Morgan fingerprint density at radius 3 is 2.79 bits per heavy atom. The fourth-order valence-electron chi connectivity index (χ4n) is 3.72. The first-order valence-corrected chi connectivity index (χ1v) is 11.5. The van der Waals surface area contributed by atoms with Crippen LogP contribution >= 0.6 is 23.1 Å². The lowest BCUT2D eigenvalue weighted by Crippen LogP contribution is -2.02. The van der Waals surface area contributed by atoms with Crippen molar-refractivity contribution in [1.29, 1.82) is 0 Å². The lowest BCUT2D eigenvalue weighted by atomic mass is 10.1. The monoisotopic (exact) mass is 423 g/mol. The number of benzene rings is 1. The highest BCUT2D eigenvalue weighted by molar-refractivity contribution is 7.98. The molecule has 0 aliphatic heterocycles. The summed E-state index contributed by atoms with van der Waals surface area (Å²) < 4.78 is 1.74. The van der Waals surface area contributed by atoms with E-state index in [-0.39, 0.29) is 0 Å². The van der Waals surface area contributed by atoms with Gasteiger partial charge in [0.25, 0.3) is 0 Å². The first-order valence-electron chi connectivity index (χ1n) is 9.74. The van der Waals surface area contributed by atoms with Crippen molar-refractivity contribution >= 4 is 39.1 Å².